The number of fused-ring (bicyclic) bond motifs is 1. The molecule has 232 valence electrons. The topological polar surface area (TPSA) is 69.7 Å². The Hall–Kier alpha value is -4.22. The predicted molar refractivity (Wildman–Crippen MR) is 186 cm³/mol. The summed E-state index contributed by atoms with van der Waals surface area (Å²) in [5, 5.41) is 5.58. The molecule has 0 radical (unpaired) electrons. The summed E-state index contributed by atoms with van der Waals surface area (Å²) >= 11 is 6.81. The number of carbonyl (C=O) groups excluding carboxylic acids is 1. The lowest BCUT2D eigenvalue weighted by molar-refractivity contribution is -0.119. The van der Waals surface area contributed by atoms with Crippen LogP contribution in [0.5, 0.6) is 11.5 Å². The number of nitrogens with one attached hydrogen (secondary N) is 2. The molecule has 10 heteroatoms. The number of anilines is 1. The van der Waals surface area contributed by atoms with E-state index in [-0.39, 0.29) is 30.6 Å². The molecule has 0 saturated carbocycles. The van der Waals surface area contributed by atoms with Crippen LogP contribution in [0.3, 0.4) is 0 Å². The number of nitrogens with zero attached hydrogens (tertiary/aromatic N) is 3. The summed E-state index contributed by atoms with van der Waals surface area (Å²) in [6.45, 7) is 5.33. The summed E-state index contributed by atoms with van der Waals surface area (Å²) in [4.78, 5) is 22.7. The molecular formula is C35H36FN5O2S2. The number of benzene rings is 3. The van der Waals surface area contributed by atoms with Gasteiger partial charge in [0.1, 0.15) is 5.75 Å². The lowest BCUT2D eigenvalue weighted by Crippen LogP contribution is -2.43. The van der Waals surface area contributed by atoms with E-state index in [1.807, 2.05) is 36.4 Å². The lowest BCUT2D eigenvalue weighted by Gasteiger charge is -2.32. The summed E-state index contributed by atoms with van der Waals surface area (Å²) in [6, 6.07) is 26.3. The molecule has 3 heterocycles. The smallest absolute Gasteiger partial charge is 0.230 e. The van der Waals surface area contributed by atoms with E-state index in [4.69, 9.17) is 17.0 Å². The Morgan fingerprint density at radius 1 is 0.956 bits per heavy atom. The summed E-state index contributed by atoms with van der Waals surface area (Å²) in [5.41, 5.74) is 4.46. The molecule has 45 heavy (non-hydrogen) atoms. The Labute approximate surface area is 272 Å². The van der Waals surface area contributed by atoms with Crippen molar-refractivity contribution in [2.45, 2.75) is 20.4 Å². The highest BCUT2D eigenvalue weighted by Gasteiger charge is 2.16. The van der Waals surface area contributed by atoms with E-state index < -0.39 is 5.82 Å². The minimum atomic E-state index is -0.564. The molecule has 1 aliphatic heterocycles. The minimum absolute atomic E-state index is 0. The molecule has 0 spiro atoms. The van der Waals surface area contributed by atoms with Gasteiger partial charge >= 0.3 is 0 Å². The maximum Gasteiger partial charge on any atom is 0.230 e. The molecule has 1 aliphatic rings. The lowest BCUT2D eigenvalue weighted by atomic mass is 10.1. The Balaban J connectivity index is 0.00000400. The number of carbonyl (C=O) groups is 1. The van der Waals surface area contributed by atoms with Crippen molar-refractivity contribution in [1.82, 2.24) is 20.1 Å². The molecule has 0 atom stereocenters. The van der Waals surface area contributed by atoms with Crippen molar-refractivity contribution in [3.63, 3.8) is 0 Å². The van der Waals surface area contributed by atoms with Gasteiger partial charge in [-0.15, -0.1) is 11.3 Å². The molecule has 3 aromatic carbocycles. The molecule has 0 aliphatic carbocycles. The number of aromatic nitrogens is 1. The minimum Gasteiger partial charge on any atom is -0.453 e. The summed E-state index contributed by atoms with van der Waals surface area (Å²) in [5.74, 6) is -0.217. The Bertz CT molecular complexity index is 1770. The van der Waals surface area contributed by atoms with Gasteiger partial charge in [-0.3, -0.25) is 14.7 Å². The van der Waals surface area contributed by atoms with Crippen LogP contribution in [0.4, 0.5) is 10.1 Å². The van der Waals surface area contributed by atoms with Gasteiger partial charge in [0, 0.05) is 61.6 Å². The van der Waals surface area contributed by atoms with Crippen LogP contribution in [0, 0.1) is 5.82 Å². The van der Waals surface area contributed by atoms with Crippen LogP contribution in [0.1, 0.15) is 18.6 Å². The highest BCUT2D eigenvalue weighted by Crippen LogP contribution is 2.39. The van der Waals surface area contributed by atoms with Gasteiger partial charge in [0.25, 0.3) is 0 Å². The van der Waals surface area contributed by atoms with Crippen molar-refractivity contribution in [2.24, 2.45) is 0 Å². The number of piperazine rings is 1. The van der Waals surface area contributed by atoms with Gasteiger partial charge in [-0.05, 0) is 54.2 Å². The van der Waals surface area contributed by atoms with Gasteiger partial charge in [-0.25, -0.2) is 4.39 Å². The number of likely N-dealkylation sites (N-methyl/N-ethyl adjacent to an activating group) is 1. The van der Waals surface area contributed by atoms with Crippen LogP contribution in [-0.4, -0.2) is 59.0 Å². The van der Waals surface area contributed by atoms with Gasteiger partial charge in [0.15, 0.2) is 16.7 Å². The third-order valence-corrected chi connectivity index (χ3v) is 8.88. The first-order chi connectivity index (χ1) is 21.4. The van der Waals surface area contributed by atoms with Gasteiger partial charge in [-0.2, -0.15) is 0 Å². The standard InChI is InChI=1S/C34H32FN5O2S2.CH4/c1-39-15-17-40(18-16-39)22-24-7-9-25(10-8-24)31-21-28-33(44-31)30(13-14-36-28)42-29-12-11-26(20-27(29)35)37-34(43)38-32(41)19-23-5-3-2-4-6-23;/h2-14,20-21H,15-19,22H2,1H3,(H2,37,38,41,43);1H4. The fourth-order valence-electron chi connectivity index (χ4n) is 5.07. The monoisotopic (exact) mass is 641 g/mol. The van der Waals surface area contributed by atoms with E-state index in [9.17, 15) is 4.79 Å². The number of thiocarbonyl (C=S) groups is 1. The maximum absolute atomic E-state index is 15.1. The molecule has 0 unspecified atom stereocenters. The van der Waals surface area contributed by atoms with Crippen LogP contribution in [0.2, 0.25) is 0 Å². The van der Waals surface area contributed by atoms with Crippen molar-refractivity contribution in [3.05, 3.63) is 108 Å². The second-order valence-electron chi connectivity index (χ2n) is 10.8. The van der Waals surface area contributed by atoms with Crippen molar-refractivity contribution >= 4 is 50.5 Å². The zero-order valence-corrected chi connectivity index (χ0v) is 25.9. The largest absolute Gasteiger partial charge is 0.453 e. The third kappa shape index (κ3) is 8.29. The molecule has 1 fully saturated rings. The average Bonchev–Trinajstić information content (AvgIpc) is 3.46. The Morgan fingerprint density at radius 2 is 1.71 bits per heavy atom. The number of hydrogen-bond donors (Lipinski definition) is 2. The first-order valence-corrected chi connectivity index (χ1v) is 15.6. The molecule has 0 bridgehead atoms. The molecule has 7 nitrogen and oxygen atoms in total. The number of hydrogen-bond acceptors (Lipinski definition) is 7. The van der Waals surface area contributed by atoms with E-state index in [2.05, 4.69) is 56.7 Å². The van der Waals surface area contributed by atoms with E-state index in [1.165, 1.54) is 17.7 Å². The van der Waals surface area contributed by atoms with Crippen LogP contribution in [-0.2, 0) is 17.8 Å². The van der Waals surface area contributed by atoms with E-state index in [0.717, 1.165) is 58.9 Å². The molecular weight excluding hydrogens is 606 g/mol. The first kappa shape index (κ1) is 32.2. The van der Waals surface area contributed by atoms with E-state index in [1.54, 1.807) is 29.7 Å². The zero-order valence-electron chi connectivity index (χ0n) is 24.3. The first-order valence-electron chi connectivity index (χ1n) is 14.4. The Kier molecular flexibility index (Phi) is 10.5. The normalized spacial score (nSPS) is 13.6. The highest BCUT2D eigenvalue weighted by molar-refractivity contribution is 7.80. The predicted octanol–water partition coefficient (Wildman–Crippen LogP) is 7.33. The number of ether oxygens (including phenoxy) is 1. The van der Waals surface area contributed by atoms with Crippen LogP contribution in [0.25, 0.3) is 20.7 Å². The molecule has 6 rings (SSSR count). The molecule has 5 aromatic rings. The quantitative estimate of drug-likeness (QED) is 0.172. The van der Waals surface area contributed by atoms with Crippen molar-refractivity contribution < 1.29 is 13.9 Å². The number of pyridine rings is 1. The third-order valence-electron chi connectivity index (χ3n) is 7.49. The average molecular weight is 642 g/mol. The molecule has 2 N–H and O–H groups in total. The molecule has 2 aromatic heterocycles. The van der Waals surface area contributed by atoms with Crippen LogP contribution in [0.15, 0.2) is 91.1 Å². The molecule has 1 amide bonds. The number of rotatable bonds is 8. The summed E-state index contributed by atoms with van der Waals surface area (Å²) < 4.78 is 22.0. The number of halogens is 1. The zero-order chi connectivity index (χ0) is 30.5. The second-order valence-corrected chi connectivity index (χ2v) is 12.3. The fraction of sp³-hybridized carbons (Fsp3) is 0.229. The van der Waals surface area contributed by atoms with Gasteiger partial charge in [-0.1, -0.05) is 62.0 Å². The summed E-state index contributed by atoms with van der Waals surface area (Å²) in [6.07, 6.45) is 1.86. The van der Waals surface area contributed by atoms with Crippen LogP contribution >= 0.6 is 23.6 Å². The van der Waals surface area contributed by atoms with Crippen molar-refractivity contribution in [1.29, 1.82) is 0 Å². The van der Waals surface area contributed by atoms with Gasteiger partial charge in [0.2, 0.25) is 5.91 Å². The van der Waals surface area contributed by atoms with Crippen molar-refractivity contribution in [2.75, 3.05) is 38.5 Å². The van der Waals surface area contributed by atoms with E-state index in [0.29, 0.717) is 11.4 Å². The van der Waals surface area contributed by atoms with Gasteiger partial charge < -0.3 is 20.3 Å². The van der Waals surface area contributed by atoms with E-state index >= 15 is 4.39 Å². The van der Waals surface area contributed by atoms with Gasteiger partial charge in [0.05, 0.1) is 16.6 Å². The number of thiophene rings is 1. The van der Waals surface area contributed by atoms with Crippen molar-refractivity contribution in [3.8, 4) is 21.9 Å². The Morgan fingerprint density at radius 3 is 2.44 bits per heavy atom. The maximum atomic E-state index is 15.1. The summed E-state index contributed by atoms with van der Waals surface area (Å²) in [7, 11) is 2.17. The fourth-order valence-corrected chi connectivity index (χ4v) is 6.37. The molecule has 1 saturated heterocycles. The van der Waals surface area contributed by atoms with Crippen LogP contribution < -0.4 is 15.4 Å². The SMILES string of the molecule is C.CN1CCN(Cc2ccc(-c3cc4nccc(Oc5ccc(NC(=S)NC(=O)Cc6ccccc6)cc5F)c4s3)cc2)CC1. The highest BCUT2D eigenvalue weighted by atomic mass is 32.1. The second kappa shape index (κ2) is 14.7. The number of amides is 1.